The van der Waals surface area contributed by atoms with Gasteiger partial charge < -0.3 is 19.4 Å². The molecule has 0 bridgehead atoms. The van der Waals surface area contributed by atoms with Crippen molar-refractivity contribution in [3.63, 3.8) is 0 Å². The highest BCUT2D eigenvalue weighted by Gasteiger charge is 2.46. The topological polar surface area (TPSA) is 70.2 Å². The van der Waals surface area contributed by atoms with Crippen LogP contribution in [-0.2, 0) is 14.3 Å². The number of hydrogen-bond acceptors (Lipinski definition) is 5. The normalized spacial score (nSPS) is 24.5. The number of anilines is 1. The summed E-state index contributed by atoms with van der Waals surface area (Å²) in [5, 5.41) is 0. The summed E-state index contributed by atoms with van der Waals surface area (Å²) in [5.74, 6) is 0.889. The van der Waals surface area contributed by atoms with Crippen LogP contribution in [0.4, 0.5) is 5.69 Å². The summed E-state index contributed by atoms with van der Waals surface area (Å²) in [5.41, 5.74) is 6.07. The van der Waals surface area contributed by atoms with E-state index in [0.717, 1.165) is 42.6 Å². The molecule has 2 aromatic carbocycles. The summed E-state index contributed by atoms with van der Waals surface area (Å²) in [6.45, 7) is 2.70. The van der Waals surface area contributed by atoms with E-state index >= 15 is 0 Å². The molecule has 2 aromatic rings. The Morgan fingerprint density at radius 1 is 0.857 bits per heavy atom. The third-order valence-corrected chi connectivity index (χ3v) is 10.5. The first-order valence-electron chi connectivity index (χ1n) is 15.9. The van der Waals surface area contributed by atoms with Gasteiger partial charge in [-0.25, -0.2) is 4.79 Å². The lowest BCUT2D eigenvalue weighted by molar-refractivity contribution is -0.132. The Kier molecular flexibility index (Phi) is 7.28. The molecule has 7 heteroatoms. The van der Waals surface area contributed by atoms with Crippen molar-refractivity contribution in [1.29, 1.82) is 0 Å². The number of piperidine rings is 1. The maximum Gasteiger partial charge on any atom is 0.337 e. The van der Waals surface area contributed by atoms with Gasteiger partial charge in [-0.05, 0) is 72.9 Å². The molecule has 1 saturated carbocycles. The number of benzene rings is 2. The molecule has 220 valence electrons. The summed E-state index contributed by atoms with van der Waals surface area (Å²) in [6.07, 6.45) is 11.6. The van der Waals surface area contributed by atoms with Gasteiger partial charge >= 0.3 is 5.97 Å². The second-order valence-electron chi connectivity index (χ2n) is 12.8. The molecule has 0 spiro atoms. The predicted octanol–water partition coefficient (Wildman–Crippen LogP) is 5.71. The monoisotopic (exact) mass is 567 g/mol. The number of fused-ring (bicyclic) bond motifs is 5. The fourth-order valence-corrected chi connectivity index (χ4v) is 8.48. The number of likely N-dealkylation sites (tertiary alicyclic amines) is 2. The molecule has 7 nitrogen and oxygen atoms in total. The molecule has 0 aromatic heterocycles. The van der Waals surface area contributed by atoms with Gasteiger partial charge in [0.15, 0.2) is 0 Å². The number of amides is 2. The Bertz CT molecular complexity index is 1420. The van der Waals surface area contributed by atoms with E-state index in [4.69, 9.17) is 4.74 Å². The number of hydrogen-bond donors (Lipinski definition) is 0. The zero-order chi connectivity index (χ0) is 28.8. The number of carbonyl (C=O) groups excluding carboxylic acids is 3. The first-order chi connectivity index (χ1) is 20.5. The van der Waals surface area contributed by atoms with E-state index in [2.05, 4.69) is 41.3 Å². The van der Waals surface area contributed by atoms with Crippen molar-refractivity contribution in [2.24, 2.45) is 5.92 Å². The lowest BCUT2D eigenvalue weighted by Gasteiger charge is -2.38. The molecule has 2 saturated heterocycles. The maximum absolute atomic E-state index is 14.2. The van der Waals surface area contributed by atoms with E-state index in [0.29, 0.717) is 43.5 Å². The molecule has 4 aliphatic heterocycles. The van der Waals surface area contributed by atoms with Crippen LogP contribution in [0, 0.1) is 5.92 Å². The van der Waals surface area contributed by atoms with Crippen LogP contribution in [0.3, 0.4) is 0 Å². The minimum absolute atomic E-state index is 0.0865. The molecule has 4 heterocycles. The molecule has 1 aliphatic carbocycles. The molecule has 42 heavy (non-hydrogen) atoms. The van der Waals surface area contributed by atoms with Crippen LogP contribution in [0.15, 0.2) is 48.0 Å². The second-order valence-corrected chi connectivity index (χ2v) is 12.8. The van der Waals surface area contributed by atoms with Crippen LogP contribution in [0.5, 0.6) is 0 Å². The zero-order valence-corrected chi connectivity index (χ0v) is 24.6. The van der Waals surface area contributed by atoms with Crippen molar-refractivity contribution in [2.45, 2.75) is 75.8 Å². The number of rotatable bonds is 4. The van der Waals surface area contributed by atoms with E-state index in [9.17, 15) is 14.4 Å². The second kappa shape index (κ2) is 11.2. The molecule has 3 fully saturated rings. The number of methoxy groups -OCH3 is 1. The van der Waals surface area contributed by atoms with Gasteiger partial charge in [-0.1, -0.05) is 49.6 Å². The SMILES string of the molecule is COC(=O)c1ccc2c(c1)N1CC(C(=O)N3CCC(N4CCCC4=O)CC3)=Cc3ccccc3C1C2C1CCCCC1. The largest absolute Gasteiger partial charge is 0.465 e. The summed E-state index contributed by atoms with van der Waals surface area (Å²) in [6, 6.07) is 15.0. The third kappa shape index (κ3) is 4.71. The molecule has 0 radical (unpaired) electrons. The number of ether oxygens (including phenoxy) is 1. The quantitative estimate of drug-likeness (QED) is 0.443. The molecular weight excluding hydrogens is 526 g/mol. The third-order valence-electron chi connectivity index (χ3n) is 10.5. The van der Waals surface area contributed by atoms with Gasteiger partial charge in [-0.2, -0.15) is 0 Å². The van der Waals surface area contributed by atoms with Gasteiger partial charge in [0, 0.05) is 55.8 Å². The Balaban J connectivity index is 1.23. The van der Waals surface area contributed by atoms with E-state index in [-0.39, 0.29) is 29.9 Å². The van der Waals surface area contributed by atoms with Crippen LogP contribution >= 0.6 is 0 Å². The Morgan fingerprint density at radius 3 is 2.38 bits per heavy atom. The first kappa shape index (κ1) is 27.2. The van der Waals surface area contributed by atoms with Crippen LogP contribution in [0.25, 0.3) is 6.08 Å². The average molecular weight is 568 g/mol. The number of nitrogens with zero attached hydrogens (tertiary/aromatic N) is 3. The van der Waals surface area contributed by atoms with Crippen molar-refractivity contribution < 1.29 is 19.1 Å². The standard InChI is InChI=1S/C35H41N3O4/c1-42-35(41)25-13-14-29-30(21-25)38-22-26(34(40)36-18-15-27(16-19-36)37-17-7-12-31(37)39)20-24-10-5-6-11-28(24)33(38)32(29)23-8-3-2-4-9-23/h5-6,10-11,13-14,20-21,23,27,32-33H,2-4,7-9,12,15-19,22H2,1H3. The molecule has 2 amide bonds. The highest BCUT2D eigenvalue weighted by molar-refractivity contribution is 6.00. The maximum atomic E-state index is 14.2. The molecule has 7 rings (SSSR count). The molecular formula is C35H41N3O4. The van der Waals surface area contributed by atoms with E-state index in [1.54, 1.807) is 0 Å². The van der Waals surface area contributed by atoms with E-state index < -0.39 is 0 Å². The highest BCUT2D eigenvalue weighted by Crippen LogP contribution is 2.56. The number of carbonyl (C=O) groups is 3. The lowest BCUT2D eigenvalue weighted by Crippen LogP contribution is -2.48. The molecule has 0 N–H and O–H groups in total. The van der Waals surface area contributed by atoms with Gasteiger partial charge in [0.1, 0.15) is 0 Å². The van der Waals surface area contributed by atoms with Crippen molar-refractivity contribution >= 4 is 29.5 Å². The summed E-state index contributed by atoms with van der Waals surface area (Å²) in [7, 11) is 1.42. The van der Waals surface area contributed by atoms with Gasteiger partial charge in [-0.15, -0.1) is 0 Å². The van der Waals surface area contributed by atoms with Gasteiger partial charge in [0.25, 0.3) is 5.91 Å². The minimum atomic E-state index is -0.336. The smallest absolute Gasteiger partial charge is 0.337 e. The minimum Gasteiger partial charge on any atom is -0.465 e. The Morgan fingerprint density at radius 2 is 1.64 bits per heavy atom. The van der Waals surface area contributed by atoms with Crippen molar-refractivity contribution in [1.82, 2.24) is 9.80 Å². The fraction of sp³-hybridized carbons (Fsp3) is 0.514. The summed E-state index contributed by atoms with van der Waals surface area (Å²) >= 11 is 0. The summed E-state index contributed by atoms with van der Waals surface area (Å²) in [4.78, 5) is 45.6. The van der Waals surface area contributed by atoms with E-state index in [1.165, 1.54) is 50.3 Å². The average Bonchev–Trinajstić information content (AvgIpc) is 3.55. The van der Waals surface area contributed by atoms with Crippen LogP contribution < -0.4 is 4.90 Å². The van der Waals surface area contributed by atoms with Gasteiger partial charge in [0.2, 0.25) is 5.91 Å². The van der Waals surface area contributed by atoms with Gasteiger partial charge in [-0.3, -0.25) is 9.59 Å². The molecule has 2 atom stereocenters. The molecule has 5 aliphatic rings. The van der Waals surface area contributed by atoms with Gasteiger partial charge in [0.05, 0.1) is 18.7 Å². The van der Waals surface area contributed by atoms with Crippen LogP contribution in [0.1, 0.15) is 96.8 Å². The number of esters is 1. The first-order valence-corrected chi connectivity index (χ1v) is 15.9. The van der Waals surface area contributed by atoms with Crippen molar-refractivity contribution in [2.75, 3.05) is 38.2 Å². The molecule has 2 unspecified atom stereocenters. The fourth-order valence-electron chi connectivity index (χ4n) is 8.48. The zero-order valence-electron chi connectivity index (χ0n) is 24.6. The van der Waals surface area contributed by atoms with Crippen LogP contribution in [-0.4, -0.2) is 66.9 Å². The van der Waals surface area contributed by atoms with Crippen molar-refractivity contribution in [3.8, 4) is 0 Å². The predicted molar refractivity (Wildman–Crippen MR) is 162 cm³/mol. The van der Waals surface area contributed by atoms with Crippen LogP contribution in [0.2, 0.25) is 0 Å². The highest BCUT2D eigenvalue weighted by atomic mass is 16.5. The Labute approximate surface area is 248 Å². The summed E-state index contributed by atoms with van der Waals surface area (Å²) < 4.78 is 5.09. The van der Waals surface area contributed by atoms with E-state index in [1.807, 2.05) is 21.9 Å². The lowest BCUT2D eigenvalue weighted by atomic mass is 9.73. The Hall–Kier alpha value is -3.61. The van der Waals surface area contributed by atoms with Crippen molar-refractivity contribution in [3.05, 3.63) is 70.3 Å².